The maximum absolute atomic E-state index is 11.8. The Morgan fingerprint density at radius 2 is 1.79 bits per heavy atom. The lowest BCUT2D eigenvalue weighted by atomic mass is 9.93. The lowest BCUT2D eigenvalue weighted by Gasteiger charge is -2.16. The lowest BCUT2D eigenvalue weighted by molar-refractivity contribution is 0.111. The molecule has 0 radical (unpaired) electrons. The fourth-order valence-electron chi connectivity index (χ4n) is 3.34. The third-order valence-corrected chi connectivity index (χ3v) is 4.67. The Kier molecular flexibility index (Phi) is 4.18. The Labute approximate surface area is 142 Å². The van der Waals surface area contributed by atoms with Crippen LogP contribution in [0.5, 0.6) is 5.75 Å². The van der Waals surface area contributed by atoms with Gasteiger partial charge in [0.25, 0.3) is 0 Å². The van der Waals surface area contributed by atoms with Crippen LogP contribution in [-0.2, 0) is 0 Å². The molecule has 0 N–H and O–H groups in total. The van der Waals surface area contributed by atoms with Gasteiger partial charge in [0.05, 0.1) is 12.3 Å². The molecule has 2 heterocycles. The maximum Gasteiger partial charge on any atom is 0.167 e. The molecule has 3 heteroatoms. The number of rotatable bonds is 4. The first-order chi connectivity index (χ1) is 11.5. The zero-order valence-corrected chi connectivity index (χ0v) is 14.9. The van der Waals surface area contributed by atoms with E-state index < -0.39 is 0 Å². The van der Waals surface area contributed by atoms with E-state index in [4.69, 9.17) is 4.74 Å². The number of aldehydes is 1. The van der Waals surface area contributed by atoms with E-state index in [1.807, 2.05) is 24.4 Å². The molecule has 124 valence electrons. The van der Waals surface area contributed by atoms with Gasteiger partial charge in [-0.15, -0.1) is 0 Å². The molecule has 0 fully saturated rings. The summed E-state index contributed by atoms with van der Waals surface area (Å²) < 4.78 is 7.77. The van der Waals surface area contributed by atoms with Gasteiger partial charge in [0.2, 0.25) is 0 Å². The molecule has 3 rings (SSSR count). The van der Waals surface area contributed by atoms with Gasteiger partial charge in [0.15, 0.2) is 6.29 Å². The summed E-state index contributed by atoms with van der Waals surface area (Å²) in [5.74, 6) is 0.950. The van der Waals surface area contributed by atoms with Crippen molar-refractivity contribution in [2.75, 3.05) is 6.61 Å². The van der Waals surface area contributed by atoms with E-state index in [-0.39, 0.29) is 0 Å². The van der Waals surface area contributed by atoms with Gasteiger partial charge in [-0.3, -0.25) is 4.79 Å². The summed E-state index contributed by atoms with van der Waals surface area (Å²) in [6.45, 7) is 10.9. The minimum absolute atomic E-state index is 0.648. The Bertz CT molecular complexity index is 935. The Morgan fingerprint density at radius 1 is 1.04 bits per heavy atom. The van der Waals surface area contributed by atoms with Crippen LogP contribution in [0.3, 0.4) is 0 Å². The number of benzene rings is 1. The van der Waals surface area contributed by atoms with Crippen LogP contribution in [0.25, 0.3) is 16.6 Å². The highest BCUT2D eigenvalue weighted by Crippen LogP contribution is 2.36. The van der Waals surface area contributed by atoms with E-state index in [1.54, 1.807) is 0 Å². The number of carbonyl (C=O) groups excluding carboxylic acids is 1. The van der Waals surface area contributed by atoms with Crippen molar-refractivity contribution in [2.45, 2.75) is 34.6 Å². The van der Waals surface area contributed by atoms with Crippen LogP contribution in [-0.4, -0.2) is 17.3 Å². The van der Waals surface area contributed by atoms with Gasteiger partial charge in [-0.1, -0.05) is 6.07 Å². The number of hydrogen-bond acceptors (Lipinski definition) is 2. The number of hydrogen-bond donors (Lipinski definition) is 0. The first-order valence-electron chi connectivity index (χ1n) is 8.28. The SMILES string of the molecule is CCOc1c(C)cc(-c2cc3ccc(C)cn3c2C=O)c(C)c1C. The molecule has 0 aliphatic heterocycles. The van der Waals surface area contributed by atoms with Crippen molar-refractivity contribution < 1.29 is 9.53 Å². The van der Waals surface area contributed by atoms with Crippen LogP contribution in [0, 0.1) is 27.7 Å². The molecule has 0 amide bonds. The minimum atomic E-state index is 0.648. The molecule has 0 bridgehead atoms. The molecule has 3 aromatic rings. The summed E-state index contributed by atoms with van der Waals surface area (Å²) in [5, 5.41) is 0. The van der Waals surface area contributed by atoms with Gasteiger partial charge in [-0.05, 0) is 80.6 Å². The summed E-state index contributed by atoms with van der Waals surface area (Å²) >= 11 is 0. The number of fused-ring (bicyclic) bond motifs is 1. The number of carbonyl (C=O) groups is 1. The van der Waals surface area contributed by atoms with E-state index in [1.165, 1.54) is 0 Å². The molecule has 0 aliphatic rings. The standard InChI is InChI=1S/C21H23NO2/c1-6-24-21-14(3)9-18(15(4)16(21)5)19-10-17-8-7-13(2)11-22(17)20(19)12-23/h7-12H,6H2,1-5H3. The second kappa shape index (κ2) is 6.16. The van der Waals surface area contributed by atoms with E-state index in [2.05, 4.69) is 45.0 Å². The molecule has 0 unspecified atom stereocenters. The Morgan fingerprint density at radius 3 is 2.46 bits per heavy atom. The average Bonchev–Trinajstić information content (AvgIpc) is 2.92. The maximum atomic E-state index is 11.8. The summed E-state index contributed by atoms with van der Waals surface area (Å²) in [6, 6.07) is 8.33. The molecule has 0 saturated carbocycles. The van der Waals surface area contributed by atoms with Crippen LogP contribution in [0.1, 0.15) is 39.7 Å². The van der Waals surface area contributed by atoms with Crippen molar-refractivity contribution in [3.8, 4) is 16.9 Å². The van der Waals surface area contributed by atoms with Crippen molar-refractivity contribution in [3.63, 3.8) is 0 Å². The lowest BCUT2D eigenvalue weighted by Crippen LogP contribution is -2.01. The van der Waals surface area contributed by atoms with Crippen LogP contribution >= 0.6 is 0 Å². The number of pyridine rings is 1. The second-order valence-electron chi connectivity index (χ2n) is 6.32. The van der Waals surface area contributed by atoms with E-state index >= 15 is 0 Å². The van der Waals surface area contributed by atoms with E-state index in [0.717, 1.165) is 50.9 Å². The second-order valence-corrected chi connectivity index (χ2v) is 6.32. The first kappa shape index (κ1) is 16.3. The summed E-state index contributed by atoms with van der Waals surface area (Å²) in [6.07, 6.45) is 2.95. The number of aryl methyl sites for hydroxylation is 2. The van der Waals surface area contributed by atoms with Crippen molar-refractivity contribution in [1.82, 2.24) is 4.40 Å². The fraction of sp³-hybridized carbons (Fsp3) is 0.286. The van der Waals surface area contributed by atoms with Crippen molar-refractivity contribution in [2.24, 2.45) is 0 Å². The minimum Gasteiger partial charge on any atom is -0.493 e. The van der Waals surface area contributed by atoms with Crippen LogP contribution in [0.2, 0.25) is 0 Å². The third-order valence-electron chi connectivity index (χ3n) is 4.67. The Hall–Kier alpha value is -2.55. The molecular weight excluding hydrogens is 298 g/mol. The average molecular weight is 321 g/mol. The number of ether oxygens (including phenoxy) is 1. The molecular formula is C21H23NO2. The van der Waals surface area contributed by atoms with Crippen molar-refractivity contribution >= 4 is 11.8 Å². The summed E-state index contributed by atoms with van der Waals surface area (Å²) in [7, 11) is 0. The summed E-state index contributed by atoms with van der Waals surface area (Å²) in [5.41, 5.74) is 8.30. The quantitative estimate of drug-likeness (QED) is 0.629. The predicted molar refractivity (Wildman–Crippen MR) is 98.3 cm³/mol. The van der Waals surface area contributed by atoms with Gasteiger partial charge in [-0.25, -0.2) is 0 Å². The van der Waals surface area contributed by atoms with E-state index in [9.17, 15) is 4.79 Å². The third kappa shape index (κ3) is 2.50. The molecule has 24 heavy (non-hydrogen) atoms. The van der Waals surface area contributed by atoms with Gasteiger partial charge in [-0.2, -0.15) is 0 Å². The Balaban J connectivity index is 2.30. The highest BCUT2D eigenvalue weighted by Gasteiger charge is 2.17. The van der Waals surface area contributed by atoms with Gasteiger partial charge >= 0.3 is 0 Å². The topological polar surface area (TPSA) is 30.7 Å². The zero-order chi connectivity index (χ0) is 17.4. The highest BCUT2D eigenvalue weighted by atomic mass is 16.5. The zero-order valence-electron chi connectivity index (χ0n) is 14.9. The molecule has 2 aromatic heterocycles. The first-order valence-corrected chi connectivity index (χ1v) is 8.28. The predicted octanol–water partition coefficient (Wildman–Crippen LogP) is 5.05. The van der Waals surface area contributed by atoms with E-state index in [0.29, 0.717) is 12.3 Å². The fourth-order valence-corrected chi connectivity index (χ4v) is 3.34. The highest BCUT2D eigenvalue weighted by molar-refractivity contribution is 5.91. The van der Waals surface area contributed by atoms with Gasteiger partial charge in [0.1, 0.15) is 5.75 Å². The smallest absolute Gasteiger partial charge is 0.167 e. The monoisotopic (exact) mass is 321 g/mol. The molecule has 0 aliphatic carbocycles. The van der Waals surface area contributed by atoms with Crippen molar-refractivity contribution in [3.05, 3.63) is 58.4 Å². The van der Waals surface area contributed by atoms with Crippen LogP contribution in [0.15, 0.2) is 30.5 Å². The van der Waals surface area contributed by atoms with Gasteiger partial charge < -0.3 is 9.14 Å². The van der Waals surface area contributed by atoms with Crippen LogP contribution < -0.4 is 4.74 Å². The molecule has 0 atom stereocenters. The molecule has 0 spiro atoms. The molecule has 0 saturated heterocycles. The summed E-state index contributed by atoms with van der Waals surface area (Å²) in [4.78, 5) is 11.8. The number of aromatic nitrogens is 1. The molecule has 3 nitrogen and oxygen atoms in total. The van der Waals surface area contributed by atoms with Crippen molar-refractivity contribution in [1.29, 1.82) is 0 Å². The number of nitrogens with zero attached hydrogens (tertiary/aromatic N) is 1. The molecule has 1 aromatic carbocycles. The largest absolute Gasteiger partial charge is 0.493 e. The normalized spacial score (nSPS) is 11.0. The van der Waals surface area contributed by atoms with Crippen LogP contribution in [0.4, 0.5) is 0 Å². The van der Waals surface area contributed by atoms with Gasteiger partial charge in [0, 0.05) is 17.3 Å².